The van der Waals surface area contributed by atoms with E-state index in [1.165, 1.54) is 28.4 Å². The average molecular weight is 362 g/mol. The Morgan fingerprint density at radius 1 is 0.885 bits per heavy atom. The first-order chi connectivity index (χ1) is 12.5. The molecule has 0 heterocycles. The lowest BCUT2D eigenvalue weighted by atomic mass is 9.65. The van der Waals surface area contributed by atoms with Crippen molar-refractivity contribution in [2.75, 3.05) is 35.5 Å². The largest absolute Gasteiger partial charge is 0.502 e. The highest BCUT2D eigenvalue weighted by Gasteiger charge is 2.57. The molecule has 26 heavy (non-hydrogen) atoms. The minimum Gasteiger partial charge on any atom is -0.502 e. The van der Waals surface area contributed by atoms with Gasteiger partial charge in [0.15, 0.2) is 17.1 Å². The van der Waals surface area contributed by atoms with Crippen molar-refractivity contribution in [3.63, 3.8) is 0 Å². The van der Waals surface area contributed by atoms with E-state index in [2.05, 4.69) is 0 Å². The highest BCUT2D eigenvalue weighted by Crippen LogP contribution is 2.62. The molecule has 0 aromatic heterocycles. The molecule has 0 bridgehead atoms. The molecule has 0 saturated carbocycles. The van der Waals surface area contributed by atoms with Crippen LogP contribution in [0.3, 0.4) is 0 Å². The van der Waals surface area contributed by atoms with Gasteiger partial charge in [-0.15, -0.1) is 0 Å². The van der Waals surface area contributed by atoms with Gasteiger partial charge in [0, 0.05) is 24.3 Å². The number of benzene rings is 2. The van der Waals surface area contributed by atoms with Gasteiger partial charge in [0.2, 0.25) is 5.75 Å². The van der Waals surface area contributed by atoms with Crippen molar-refractivity contribution in [3.8, 4) is 28.7 Å². The summed E-state index contributed by atoms with van der Waals surface area (Å²) in [5, 5.41) is 22.0. The second kappa shape index (κ2) is 6.59. The van der Waals surface area contributed by atoms with E-state index in [9.17, 15) is 10.2 Å². The third-order valence-corrected chi connectivity index (χ3v) is 4.77. The average Bonchev–Trinajstić information content (AvgIpc) is 2.67. The minimum atomic E-state index is -1.57. The van der Waals surface area contributed by atoms with Gasteiger partial charge < -0.3 is 33.9 Å². The maximum absolute atomic E-state index is 11.6. The Hall–Kier alpha value is -2.64. The molecule has 0 fully saturated rings. The molecular weight excluding hydrogens is 340 g/mol. The number of ether oxygens (including phenoxy) is 5. The van der Waals surface area contributed by atoms with Crippen LogP contribution in [0.4, 0.5) is 0 Å². The lowest BCUT2D eigenvalue weighted by Gasteiger charge is -2.47. The normalized spacial score (nSPS) is 20.8. The number of aliphatic hydroxyl groups is 1. The van der Waals surface area contributed by atoms with Crippen molar-refractivity contribution in [2.45, 2.75) is 11.7 Å². The van der Waals surface area contributed by atoms with E-state index in [-0.39, 0.29) is 17.2 Å². The molecule has 1 aliphatic rings. The van der Waals surface area contributed by atoms with Crippen LogP contribution in [0.1, 0.15) is 22.8 Å². The smallest absolute Gasteiger partial charge is 0.201 e. The highest BCUT2D eigenvalue weighted by molar-refractivity contribution is 5.69. The molecular formula is C19H22O7. The van der Waals surface area contributed by atoms with Crippen LogP contribution in [-0.4, -0.2) is 45.8 Å². The maximum atomic E-state index is 11.6. The fourth-order valence-electron chi connectivity index (χ4n) is 3.56. The molecule has 0 saturated heterocycles. The highest BCUT2D eigenvalue weighted by atomic mass is 16.5. The first-order valence-corrected chi connectivity index (χ1v) is 7.93. The van der Waals surface area contributed by atoms with E-state index >= 15 is 0 Å². The Balaban J connectivity index is 2.27. The predicted molar refractivity (Wildman–Crippen MR) is 93.5 cm³/mol. The number of hydrogen-bond donors (Lipinski definition) is 2. The van der Waals surface area contributed by atoms with Crippen LogP contribution in [0.15, 0.2) is 24.3 Å². The molecule has 7 nitrogen and oxygen atoms in total. The molecule has 7 heteroatoms. The predicted octanol–water partition coefficient (Wildman–Crippen LogP) is 2.36. The first kappa shape index (κ1) is 18.2. The summed E-state index contributed by atoms with van der Waals surface area (Å²) in [6, 6.07) is 6.73. The van der Waals surface area contributed by atoms with Gasteiger partial charge in [-0.2, -0.15) is 0 Å². The number of phenolic OH excluding ortho intramolecular Hbond substituents is 1. The third-order valence-electron chi connectivity index (χ3n) is 4.77. The summed E-state index contributed by atoms with van der Waals surface area (Å²) in [5.74, 6) is 1.21. The van der Waals surface area contributed by atoms with Crippen LogP contribution < -0.4 is 18.9 Å². The Labute approximate surface area is 151 Å². The molecule has 3 rings (SSSR count). The van der Waals surface area contributed by atoms with E-state index in [4.69, 9.17) is 23.7 Å². The van der Waals surface area contributed by atoms with E-state index in [1.807, 2.05) is 0 Å². The van der Waals surface area contributed by atoms with Crippen molar-refractivity contribution >= 4 is 0 Å². The first-order valence-electron chi connectivity index (χ1n) is 7.93. The summed E-state index contributed by atoms with van der Waals surface area (Å²) < 4.78 is 26.8. The lowest BCUT2D eigenvalue weighted by Crippen LogP contribution is -2.46. The molecule has 2 N–H and O–H groups in total. The van der Waals surface area contributed by atoms with Crippen LogP contribution in [-0.2, 0) is 10.3 Å². The van der Waals surface area contributed by atoms with E-state index < -0.39 is 11.7 Å². The molecule has 0 aliphatic heterocycles. The van der Waals surface area contributed by atoms with Gasteiger partial charge in [-0.1, -0.05) is 0 Å². The molecule has 0 unspecified atom stereocenters. The van der Waals surface area contributed by atoms with E-state index in [0.29, 0.717) is 28.2 Å². The zero-order valence-corrected chi connectivity index (χ0v) is 15.3. The molecule has 2 aromatic rings. The summed E-state index contributed by atoms with van der Waals surface area (Å²) in [5.41, 5.74) is -0.0208. The summed E-state index contributed by atoms with van der Waals surface area (Å²) in [4.78, 5) is 0. The fraction of sp³-hybridized carbons (Fsp3) is 0.368. The van der Waals surface area contributed by atoms with E-state index in [0.717, 1.165) is 0 Å². The Morgan fingerprint density at radius 3 is 2.12 bits per heavy atom. The molecule has 0 amide bonds. The van der Waals surface area contributed by atoms with Gasteiger partial charge in [0.1, 0.15) is 17.6 Å². The van der Waals surface area contributed by atoms with Gasteiger partial charge in [0.05, 0.1) is 28.4 Å². The second-order valence-corrected chi connectivity index (χ2v) is 5.87. The topological polar surface area (TPSA) is 86.6 Å². The Bertz CT molecular complexity index is 833. The molecule has 140 valence electrons. The number of rotatable bonds is 6. The lowest BCUT2D eigenvalue weighted by molar-refractivity contribution is -0.105. The zero-order chi connectivity index (χ0) is 19.1. The number of phenols is 1. The summed E-state index contributed by atoms with van der Waals surface area (Å²) in [6.07, 6.45) is -0.691. The van der Waals surface area contributed by atoms with Gasteiger partial charge in [-0.05, 0) is 23.8 Å². The van der Waals surface area contributed by atoms with Gasteiger partial charge in [-0.3, -0.25) is 0 Å². The third kappa shape index (κ3) is 2.28. The number of aromatic hydroxyl groups is 1. The number of methoxy groups -OCH3 is 5. The Morgan fingerprint density at radius 2 is 1.58 bits per heavy atom. The van der Waals surface area contributed by atoms with Crippen LogP contribution in [0, 0.1) is 0 Å². The van der Waals surface area contributed by atoms with Crippen LogP contribution in [0.25, 0.3) is 0 Å². The van der Waals surface area contributed by atoms with Gasteiger partial charge >= 0.3 is 0 Å². The second-order valence-electron chi connectivity index (χ2n) is 5.87. The standard InChI is InChI=1S/C19H22O7/c1-22-10-6-7-12(13(8-10)23-2)19(21)15-11(18(19)26-5)9-14(24-3)16(20)17(15)25-4/h6-9,18,20-21H,1-5H3/t18-,19-/m1/s1. The Kier molecular flexibility index (Phi) is 4.60. The monoisotopic (exact) mass is 362 g/mol. The van der Waals surface area contributed by atoms with Crippen LogP contribution >= 0.6 is 0 Å². The van der Waals surface area contributed by atoms with Crippen LogP contribution in [0.2, 0.25) is 0 Å². The summed E-state index contributed by atoms with van der Waals surface area (Å²) >= 11 is 0. The van der Waals surface area contributed by atoms with Crippen molar-refractivity contribution in [1.29, 1.82) is 0 Å². The quantitative estimate of drug-likeness (QED) is 0.816. The summed E-state index contributed by atoms with van der Waals surface area (Å²) in [7, 11) is 7.42. The van der Waals surface area contributed by atoms with Crippen molar-refractivity contribution in [2.24, 2.45) is 0 Å². The molecule has 1 aliphatic carbocycles. The molecule has 0 spiro atoms. The zero-order valence-electron chi connectivity index (χ0n) is 15.3. The SMILES string of the molecule is COc1ccc([C@@]2(O)c3c(cc(OC)c(O)c3OC)[C@H]2OC)c(OC)c1. The van der Waals surface area contributed by atoms with Crippen molar-refractivity contribution < 1.29 is 33.9 Å². The van der Waals surface area contributed by atoms with Gasteiger partial charge in [-0.25, -0.2) is 0 Å². The molecule has 2 aromatic carbocycles. The number of hydrogen-bond acceptors (Lipinski definition) is 7. The fourth-order valence-corrected chi connectivity index (χ4v) is 3.56. The van der Waals surface area contributed by atoms with Crippen molar-refractivity contribution in [1.82, 2.24) is 0 Å². The summed E-state index contributed by atoms with van der Waals surface area (Å²) in [6.45, 7) is 0. The van der Waals surface area contributed by atoms with Gasteiger partial charge in [0.25, 0.3) is 0 Å². The molecule has 0 radical (unpaired) electrons. The number of fused-ring (bicyclic) bond motifs is 1. The molecule has 2 atom stereocenters. The van der Waals surface area contributed by atoms with E-state index in [1.54, 1.807) is 31.4 Å². The van der Waals surface area contributed by atoms with Crippen LogP contribution in [0.5, 0.6) is 28.7 Å². The minimum absolute atomic E-state index is 0.132. The maximum Gasteiger partial charge on any atom is 0.201 e. The van der Waals surface area contributed by atoms with Crippen molar-refractivity contribution in [3.05, 3.63) is 41.0 Å².